The van der Waals surface area contributed by atoms with Gasteiger partial charge in [0, 0.05) is 34.8 Å². The van der Waals surface area contributed by atoms with Gasteiger partial charge in [0.05, 0.1) is 30.0 Å². The Balaban J connectivity index is 1.17. The number of hydrogen-bond donors (Lipinski definition) is 7. The molecule has 0 bridgehead atoms. The summed E-state index contributed by atoms with van der Waals surface area (Å²) in [6.45, 7) is 2.53. The zero-order chi connectivity index (χ0) is 32.8. The summed E-state index contributed by atoms with van der Waals surface area (Å²) >= 11 is 0. The fourth-order valence-electron chi connectivity index (χ4n) is 4.96. The number of rotatable bonds is 12. The number of amides is 2. The molecule has 3 heterocycles. The number of carbonyl (C=O) groups is 3. The van der Waals surface area contributed by atoms with E-state index in [1.807, 2.05) is 29.8 Å². The molecule has 1 unspecified atom stereocenters. The van der Waals surface area contributed by atoms with Gasteiger partial charge in [-0.25, -0.2) is 21.3 Å². The maximum absolute atomic E-state index is 13.0. The summed E-state index contributed by atoms with van der Waals surface area (Å²) in [7, 11) is 0. The van der Waals surface area contributed by atoms with Gasteiger partial charge in [-0.05, 0) is 56.2 Å². The molecule has 0 aliphatic rings. The predicted octanol–water partition coefficient (Wildman–Crippen LogP) is 0.487. The van der Waals surface area contributed by atoms with Crippen LogP contribution in [0.3, 0.4) is 0 Å². The first kappa shape index (κ1) is 31.3. The molecule has 0 saturated carbocycles. The monoisotopic (exact) mass is 623 g/mol. The number of benzene rings is 2. The van der Waals surface area contributed by atoms with Gasteiger partial charge in [-0.2, -0.15) is 9.97 Å². The zero-order valence-corrected chi connectivity index (χ0v) is 24.9. The van der Waals surface area contributed by atoms with Crippen LogP contribution in [0.4, 0.5) is 11.8 Å². The number of carbonyl (C=O) groups excluding carboxylic acids is 3. The molecule has 3 aromatic heterocycles. The zero-order valence-electron chi connectivity index (χ0n) is 24.9. The number of hydrazone groups is 1. The van der Waals surface area contributed by atoms with Crippen LogP contribution in [0.5, 0.6) is 0 Å². The molecule has 5 aromatic rings. The number of hydrazine groups is 1. The van der Waals surface area contributed by atoms with E-state index in [2.05, 4.69) is 41.2 Å². The van der Waals surface area contributed by atoms with Crippen LogP contribution >= 0.6 is 0 Å². The van der Waals surface area contributed by atoms with Gasteiger partial charge >= 0.3 is 0 Å². The van der Waals surface area contributed by atoms with Gasteiger partial charge in [-0.3, -0.25) is 9.59 Å². The van der Waals surface area contributed by atoms with E-state index in [0.717, 1.165) is 16.5 Å². The predicted molar refractivity (Wildman–Crippen MR) is 173 cm³/mol. The average Bonchev–Trinajstić information content (AvgIpc) is 3.44. The van der Waals surface area contributed by atoms with Gasteiger partial charge in [0.25, 0.3) is 11.8 Å². The van der Waals surface area contributed by atoms with Crippen molar-refractivity contribution in [1.82, 2.24) is 40.7 Å². The van der Waals surface area contributed by atoms with Crippen molar-refractivity contribution in [2.75, 3.05) is 18.0 Å². The fraction of sp³-hybridized carbons (Fsp3) is 0.200. The smallest absolute Gasteiger partial charge is 0.252 e. The Hall–Kier alpha value is -6.16. The SMILES string of the molecule is Cc1ccc(C(=O)NCCCC(C=O)NC(=O)c2ccc3c(ccn3Cc3cnc4nc(N)nc(N)c4n3)c2)c(/C(N)=N/NN)c1. The van der Waals surface area contributed by atoms with Crippen molar-refractivity contribution in [3.8, 4) is 0 Å². The van der Waals surface area contributed by atoms with Gasteiger partial charge in [0.2, 0.25) is 5.95 Å². The maximum atomic E-state index is 13.0. The van der Waals surface area contributed by atoms with Crippen LogP contribution in [0.15, 0.2) is 60.0 Å². The minimum atomic E-state index is -0.740. The number of aryl methyl sites for hydroxylation is 1. The third kappa shape index (κ3) is 6.97. The van der Waals surface area contributed by atoms with Crippen LogP contribution in [0, 0.1) is 6.92 Å². The molecule has 5 rings (SSSR count). The Morgan fingerprint density at radius 2 is 1.87 bits per heavy atom. The molecule has 236 valence electrons. The Morgan fingerprint density at radius 3 is 2.65 bits per heavy atom. The van der Waals surface area contributed by atoms with E-state index in [9.17, 15) is 14.4 Å². The van der Waals surface area contributed by atoms with Crippen LogP contribution in [-0.4, -0.2) is 61.0 Å². The lowest BCUT2D eigenvalue weighted by atomic mass is 10.0. The van der Waals surface area contributed by atoms with E-state index in [1.54, 1.807) is 36.5 Å². The van der Waals surface area contributed by atoms with Crippen molar-refractivity contribution in [3.63, 3.8) is 0 Å². The first-order chi connectivity index (χ1) is 22.2. The number of fused-ring (bicyclic) bond motifs is 2. The Morgan fingerprint density at radius 1 is 1.04 bits per heavy atom. The molecule has 2 amide bonds. The summed E-state index contributed by atoms with van der Waals surface area (Å²) in [5, 5.41) is 10.2. The summed E-state index contributed by atoms with van der Waals surface area (Å²) in [5.74, 6) is 4.73. The standard InChI is InChI=1S/C30H33N13O3/c1-16-4-6-21(22(11-16)25(31)41-42-34)29(46)35-9-2-3-19(15-44)38-28(45)18-5-7-23-17(12-18)8-10-43(23)14-20-13-36-27-24(37-20)26(32)39-30(33)40-27/h4-8,10-13,15,19,42H,2-3,9,14,34H2,1H3,(H2,31,41)(H,35,46)(H,38,45)(H4,32,33,36,39,40). The van der Waals surface area contributed by atoms with Crippen LogP contribution in [0.25, 0.3) is 22.1 Å². The van der Waals surface area contributed by atoms with Gasteiger partial charge in [0.1, 0.15) is 6.29 Å². The van der Waals surface area contributed by atoms with E-state index >= 15 is 0 Å². The average molecular weight is 624 g/mol. The second kappa shape index (κ2) is 13.6. The summed E-state index contributed by atoms with van der Waals surface area (Å²) in [6.07, 6.45) is 4.91. The first-order valence-corrected chi connectivity index (χ1v) is 14.2. The lowest BCUT2D eigenvalue weighted by Crippen LogP contribution is -2.37. The van der Waals surface area contributed by atoms with Crippen molar-refractivity contribution in [2.24, 2.45) is 16.7 Å². The first-order valence-electron chi connectivity index (χ1n) is 14.2. The van der Waals surface area contributed by atoms with E-state index in [4.69, 9.17) is 23.0 Å². The number of nitrogens with one attached hydrogen (secondary N) is 3. The lowest BCUT2D eigenvalue weighted by molar-refractivity contribution is -0.109. The van der Waals surface area contributed by atoms with Crippen molar-refractivity contribution < 1.29 is 14.4 Å². The summed E-state index contributed by atoms with van der Waals surface area (Å²) in [4.78, 5) is 54.4. The molecule has 0 spiro atoms. The number of nitrogens with two attached hydrogens (primary N) is 4. The number of amidine groups is 1. The Labute approximate surface area is 262 Å². The highest BCUT2D eigenvalue weighted by Crippen LogP contribution is 2.21. The minimum Gasteiger partial charge on any atom is -0.382 e. The fourth-order valence-corrected chi connectivity index (χ4v) is 4.96. The number of aldehydes is 1. The molecule has 16 heteroatoms. The molecule has 46 heavy (non-hydrogen) atoms. The van der Waals surface area contributed by atoms with Gasteiger partial charge in [0.15, 0.2) is 22.8 Å². The molecule has 0 aliphatic carbocycles. The lowest BCUT2D eigenvalue weighted by Gasteiger charge is -2.14. The highest BCUT2D eigenvalue weighted by Gasteiger charge is 2.17. The molecular formula is C30H33N13O3. The molecule has 0 saturated heterocycles. The van der Waals surface area contributed by atoms with Crippen LogP contribution in [-0.2, 0) is 11.3 Å². The largest absolute Gasteiger partial charge is 0.382 e. The highest BCUT2D eigenvalue weighted by atomic mass is 16.2. The molecule has 2 aromatic carbocycles. The van der Waals surface area contributed by atoms with E-state index in [-0.39, 0.29) is 30.1 Å². The van der Waals surface area contributed by atoms with Gasteiger partial charge in [-0.15, -0.1) is 5.10 Å². The molecule has 0 aliphatic heterocycles. The Bertz CT molecular complexity index is 1970. The quantitative estimate of drug-likeness (QED) is 0.0250. The third-order valence-corrected chi connectivity index (χ3v) is 7.21. The second-order valence-electron chi connectivity index (χ2n) is 10.5. The number of anilines is 2. The molecule has 16 nitrogen and oxygen atoms in total. The second-order valence-corrected chi connectivity index (χ2v) is 10.5. The van der Waals surface area contributed by atoms with Crippen molar-refractivity contribution in [2.45, 2.75) is 32.4 Å². The molecular weight excluding hydrogens is 590 g/mol. The molecule has 0 radical (unpaired) electrons. The third-order valence-electron chi connectivity index (χ3n) is 7.21. The minimum absolute atomic E-state index is 0.0267. The van der Waals surface area contributed by atoms with E-state index in [1.165, 1.54) is 0 Å². The van der Waals surface area contributed by atoms with E-state index < -0.39 is 11.9 Å². The number of aromatic nitrogens is 5. The number of nitrogens with zero attached hydrogens (tertiary/aromatic N) is 6. The van der Waals surface area contributed by atoms with Gasteiger partial charge < -0.3 is 37.2 Å². The summed E-state index contributed by atoms with van der Waals surface area (Å²) in [6, 6.07) is 11.6. The Kier molecular flexibility index (Phi) is 9.28. The topological polar surface area (TPSA) is 260 Å². The maximum Gasteiger partial charge on any atom is 0.252 e. The summed E-state index contributed by atoms with van der Waals surface area (Å²) < 4.78 is 1.96. The van der Waals surface area contributed by atoms with Crippen LogP contribution < -0.4 is 39.2 Å². The molecule has 11 N–H and O–H groups in total. The molecule has 0 fully saturated rings. The normalized spacial score (nSPS) is 12.2. The van der Waals surface area contributed by atoms with Crippen molar-refractivity contribution in [1.29, 1.82) is 0 Å². The van der Waals surface area contributed by atoms with Crippen molar-refractivity contribution in [3.05, 3.63) is 82.8 Å². The van der Waals surface area contributed by atoms with E-state index in [0.29, 0.717) is 59.2 Å². The van der Waals surface area contributed by atoms with Gasteiger partial charge in [-0.1, -0.05) is 11.6 Å². The molecule has 1 atom stereocenters. The number of hydrogen-bond acceptors (Lipinski definition) is 12. The van der Waals surface area contributed by atoms with Crippen molar-refractivity contribution >= 4 is 57.8 Å². The number of nitrogen functional groups attached to an aromatic ring is 2. The summed E-state index contributed by atoms with van der Waals surface area (Å²) in [5.41, 5.74) is 23.9. The van der Waals surface area contributed by atoms with Crippen LogP contribution in [0.2, 0.25) is 0 Å². The van der Waals surface area contributed by atoms with Crippen LogP contribution in [0.1, 0.15) is 50.4 Å². The highest BCUT2D eigenvalue weighted by molar-refractivity contribution is 6.08.